The molecule has 0 saturated heterocycles. The summed E-state index contributed by atoms with van der Waals surface area (Å²) in [6, 6.07) is 9.14. The second kappa shape index (κ2) is 31.5. The smallest absolute Gasteiger partial charge is 0.264 e. The van der Waals surface area contributed by atoms with Crippen molar-refractivity contribution in [1.82, 2.24) is 46.0 Å². The average Bonchev–Trinajstić information content (AvgIpc) is 1.01. The van der Waals surface area contributed by atoms with E-state index in [1.165, 1.54) is 0 Å². The van der Waals surface area contributed by atoms with Gasteiger partial charge in [0.25, 0.3) is 20.0 Å². The zero-order valence-corrected chi connectivity index (χ0v) is 59.1. The van der Waals surface area contributed by atoms with Gasteiger partial charge in [-0.15, -0.1) is 0 Å². The third kappa shape index (κ3) is 18.3. The predicted octanol–water partition coefficient (Wildman–Crippen LogP) is 6.62. The number of carbonyl (C=O) groups excluding carboxylic acids is 4. The minimum atomic E-state index is -4.15. The second-order valence-corrected chi connectivity index (χ2v) is 29.5. The number of aliphatic imine (C=N–C) groups is 2. The van der Waals surface area contributed by atoms with Crippen molar-refractivity contribution in [2.75, 3.05) is 53.5 Å². The molecule has 0 saturated carbocycles. The van der Waals surface area contributed by atoms with Gasteiger partial charge in [-0.25, -0.2) is 26.3 Å². The van der Waals surface area contributed by atoms with Gasteiger partial charge in [-0.05, 0) is 232 Å². The minimum absolute atomic E-state index is 0.0140. The average molecular weight is 1360 g/mol. The summed E-state index contributed by atoms with van der Waals surface area (Å²) in [5.41, 5.74) is 20.3. The van der Waals surface area contributed by atoms with E-state index in [2.05, 4.69) is 56.0 Å². The fourth-order valence-corrected chi connectivity index (χ4v) is 15.6. The molecule has 0 unspecified atom stereocenters. The van der Waals surface area contributed by atoms with Gasteiger partial charge in [0.15, 0.2) is 0 Å². The Labute approximate surface area is 563 Å². The van der Waals surface area contributed by atoms with E-state index in [1.54, 1.807) is 54.3 Å². The Morgan fingerprint density at radius 1 is 0.562 bits per heavy atom. The fourth-order valence-electron chi connectivity index (χ4n) is 12.6. The van der Waals surface area contributed by atoms with E-state index in [9.17, 15) is 36.0 Å². The molecule has 2 aromatic heterocycles. The number of carbonyl (C=O) groups is 4. The van der Waals surface area contributed by atoms with Crippen LogP contribution in [0.4, 0.5) is 0 Å². The molecule has 2 atom stereocenters. The molecule has 25 nitrogen and oxygen atoms in total. The number of rotatable bonds is 31. The summed E-state index contributed by atoms with van der Waals surface area (Å²) >= 11 is 0. The molecule has 13 N–H and O–H groups in total. The highest BCUT2D eigenvalue weighted by Gasteiger charge is 2.36. The normalized spacial score (nSPS) is 15.1. The number of unbranched alkanes of at least 4 members (excludes halogenated alkanes) is 2. The Hall–Kier alpha value is -8.56. The number of H-pyrrole nitrogens is 2. The summed E-state index contributed by atoms with van der Waals surface area (Å²) in [6.07, 6.45) is 9.28. The zero-order chi connectivity index (χ0) is 69.9. The summed E-state index contributed by atoms with van der Waals surface area (Å²) < 4.78 is 83.8. The number of nitrogens with zero attached hydrogens (tertiary/aromatic N) is 2. The molecule has 27 heteroatoms. The second-order valence-electron chi connectivity index (χ2n) is 26.2. The van der Waals surface area contributed by atoms with Crippen LogP contribution in [0, 0.1) is 41.5 Å². The molecule has 4 aromatic carbocycles. The van der Waals surface area contributed by atoms with E-state index in [0.29, 0.717) is 78.4 Å². The molecule has 2 aliphatic heterocycles. The molecule has 6 aromatic rings. The largest absolute Gasteiger partial charge is 0.497 e. The van der Waals surface area contributed by atoms with Crippen molar-refractivity contribution in [3.63, 3.8) is 0 Å². The molecular weight excluding hydrogens is 1270 g/mol. The highest BCUT2D eigenvalue weighted by Crippen LogP contribution is 2.44. The molecule has 0 aliphatic carbocycles. The summed E-state index contributed by atoms with van der Waals surface area (Å²) in [4.78, 5) is 70.2. The van der Waals surface area contributed by atoms with Crippen molar-refractivity contribution < 1.29 is 55.0 Å². The topological polar surface area (TPSA) is 366 Å². The molecule has 0 fully saturated rings. The van der Waals surface area contributed by atoms with Gasteiger partial charge in [0.1, 0.15) is 46.3 Å². The van der Waals surface area contributed by atoms with E-state index >= 15 is 0 Å². The zero-order valence-electron chi connectivity index (χ0n) is 57.5. The van der Waals surface area contributed by atoms with Crippen LogP contribution in [0.15, 0.2) is 68.6 Å². The lowest BCUT2D eigenvalue weighted by Gasteiger charge is -2.35. The van der Waals surface area contributed by atoms with Gasteiger partial charge in [0, 0.05) is 66.9 Å². The lowest BCUT2D eigenvalue weighted by Crippen LogP contribution is -2.48. The van der Waals surface area contributed by atoms with E-state index in [0.717, 1.165) is 86.6 Å². The standard InChI is InChI=1S/C69H97N13O12S2/c1-40-42(3)62(44(5)50-24-26-68(7,8)93-60(40)50)95(87,88)81-66(70)75-30-16-18-56(79-58(83)34-46-38-77-54-22-20-48(91-11)36-52(46)54)64(85)73-29-15-13-14-28-72-32-33-74-65(86)57(80-59(84)35-47-39-78-55-23-21-49(92-12)37-53(47)55)19-17-31-76-67(71)82-96(89,90)63-43(4)41(2)61-51(45(63)6)25-27-69(9,10)94-61/h20-23,36-39,56-57,72,77-78H,13-19,24-35H2,1-12H3,(H,73,85)(H,74,86)(H,79,83)(H,80,84)(H3,70,75,81)(H3,71,76,82)/t56-,57-/m1/s1. The van der Waals surface area contributed by atoms with Gasteiger partial charge in [0.05, 0.1) is 36.9 Å². The van der Waals surface area contributed by atoms with Gasteiger partial charge >= 0.3 is 0 Å². The first-order chi connectivity index (χ1) is 45.4. The van der Waals surface area contributed by atoms with Crippen molar-refractivity contribution >= 4 is 77.4 Å². The Morgan fingerprint density at radius 2 is 0.979 bits per heavy atom. The maximum atomic E-state index is 13.9. The van der Waals surface area contributed by atoms with Gasteiger partial charge in [-0.3, -0.25) is 29.2 Å². The molecule has 0 bridgehead atoms. The molecular formula is C69H97N13O12S2. The van der Waals surface area contributed by atoms with E-state index < -0.39 is 38.0 Å². The summed E-state index contributed by atoms with van der Waals surface area (Å²) in [7, 11) is -5.16. The van der Waals surface area contributed by atoms with Crippen LogP contribution in [-0.2, 0) is 64.9 Å². The molecule has 96 heavy (non-hydrogen) atoms. The first-order valence-electron chi connectivity index (χ1n) is 32.8. The molecule has 0 radical (unpaired) electrons. The number of aromatic amines is 2. The number of sulfonamides is 2. The maximum absolute atomic E-state index is 13.9. The Bertz CT molecular complexity index is 3890. The highest BCUT2D eigenvalue weighted by molar-refractivity contribution is 7.90. The van der Waals surface area contributed by atoms with E-state index in [1.807, 2.05) is 77.9 Å². The number of hydrogen-bond acceptors (Lipinski definition) is 15. The number of nitrogens with two attached hydrogens (primary N) is 2. The Morgan fingerprint density at radius 3 is 1.41 bits per heavy atom. The number of hydrogen-bond donors (Lipinski definition) is 11. The van der Waals surface area contributed by atoms with Crippen molar-refractivity contribution in [3.8, 4) is 23.0 Å². The number of aromatic nitrogens is 2. The van der Waals surface area contributed by atoms with Crippen molar-refractivity contribution in [3.05, 3.63) is 104 Å². The quantitative estimate of drug-likeness (QED) is 0.0124. The molecule has 0 spiro atoms. The van der Waals surface area contributed by atoms with Crippen LogP contribution in [0.5, 0.6) is 23.0 Å². The fraction of sp³-hybridized carbons (Fsp3) is 0.507. The van der Waals surface area contributed by atoms with Crippen LogP contribution in [0.2, 0.25) is 0 Å². The van der Waals surface area contributed by atoms with Gasteiger partial charge in [0.2, 0.25) is 35.5 Å². The summed E-state index contributed by atoms with van der Waals surface area (Å²) in [6.45, 7) is 20.5. The SMILES string of the molecule is COc1ccc2[nH]cc(CC(=O)N[C@H](CCCN=C(N)NS(=O)(=O)c3c(C)c(C)c4c(c3C)CCC(C)(C)O4)C(=O)NCCCCCNCCNC(=O)[C@@H](CCCN=C(N)NS(=O)(=O)c3c(C)c(C)c4c(c3C)CCC(C)(C)O4)NC(=O)Cc3c[nH]c4ccc(OC)cc34)c2c1. The predicted molar refractivity (Wildman–Crippen MR) is 373 cm³/mol. The Kier molecular flexibility index (Phi) is 24.1. The molecule has 4 amide bonds. The van der Waals surface area contributed by atoms with Crippen LogP contribution in [0.25, 0.3) is 21.8 Å². The Balaban J connectivity index is 0.812. The molecule has 522 valence electrons. The molecule has 2 aliphatic rings. The number of amides is 4. The number of guanidine groups is 2. The van der Waals surface area contributed by atoms with Crippen molar-refractivity contribution in [2.45, 2.75) is 186 Å². The monoisotopic (exact) mass is 1360 g/mol. The number of benzene rings is 4. The van der Waals surface area contributed by atoms with Crippen molar-refractivity contribution in [2.24, 2.45) is 21.5 Å². The van der Waals surface area contributed by atoms with Crippen LogP contribution < -0.4 is 66.4 Å². The minimum Gasteiger partial charge on any atom is -0.497 e. The van der Waals surface area contributed by atoms with Crippen molar-refractivity contribution in [1.29, 1.82) is 0 Å². The highest BCUT2D eigenvalue weighted by atomic mass is 32.2. The number of methoxy groups -OCH3 is 2. The summed E-state index contributed by atoms with van der Waals surface area (Å²) in [5, 5.41) is 16.7. The van der Waals surface area contributed by atoms with Gasteiger partial charge in [-0.1, -0.05) is 6.42 Å². The number of nitrogens with one attached hydrogen (secondary N) is 9. The van der Waals surface area contributed by atoms with E-state index in [4.69, 9.17) is 30.4 Å². The molecule has 4 heterocycles. The first kappa shape index (κ1) is 73.3. The summed E-state index contributed by atoms with van der Waals surface area (Å²) in [5.74, 6) is 0.539. The third-order valence-corrected chi connectivity index (χ3v) is 21.4. The van der Waals surface area contributed by atoms with Gasteiger partial charge in [-0.2, -0.15) is 0 Å². The lowest BCUT2D eigenvalue weighted by atomic mass is 9.88. The molecule has 8 rings (SSSR count). The lowest BCUT2D eigenvalue weighted by molar-refractivity contribution is -0.128. The van der Waals surface area contributed by atoms with Crippen LogP contribution in [0.3, 0.4) is 0 Å². The van der Waals surface area contributed by atoms with Crippen LogP contribution in [-0.4, -0.2) is 139 Å². The van der Waals surface area contributed by atoms with Gasteiger partial charge < -0.3 is 67.0 Å². The first-order valence-corrected chi connectivity index (χ1v) is 35.8. The van der Waals surface area contributed by atoms with Crippen LogP contribution in [0.1, 0.15) is 141 Å². The maximum Gasteiger partial charge on any atom is 0.264 e. The third-order valence-electron chi connectivity index (χ3n) is 18.1. The number of ether oxygens (including phenoxy) is 4. The number of fused-ring (bicyclic) bond motifs is 4. The van der Waals surface area contributed by atoms with E-state index in [-0.39, 0.29) is 109 Å². The van der Waals surface area contributed by atoms with Crippen LogP contribution >= 0.6 is 0 Å².